The van der Waals surface area contributed by atoms with Crippen molar-refractivity contribution in [3.8, 4) is 0 Å². The van der Waals surface area contributed by atoms with Crippen LogP contribution in [-0.2, 0) is 4.79 Å². The highest BCUT2D eigenvalue weighted by Crippen LogP contribution is 2.29. The average Bonchev–Trinajstić information content (AvgIpc) is 2.71. The largest absolute Gasteiger partial charge is 0.480 e. The van der Waals surface area contributed by atoms with Gasteiger partial charge in [0, 0.05) is 0 Å². The fraction of sp³-hybridized carbons (Fsp3) is 0.333. The Morgan fingerprint density at radius 2 is 1.73 bits per heavy atom. The van der Waals surface area contributed by atoms with Gasteiger partial charge in [0.1, 0.15) is 6.04 Å². The van der Waals surface area contributed by atoms with Crippen molar-refractivity contribution in [2.45, 2.75) is 26.3 Å². The van der Waals surface area contributed by atoms with E-state index in [1.165, 1.54) is 12.1 Å². The second kappa shape index (κ2) is 5.59. The maximum absolute atomic E-state index is 12.4. The zero-order valence-electron chi connectivity index (χ0n) is 12.1. The quantitative estimate of drug-likeness (QED) is 0.797. The van der Waals surface area contributed by atoms with Gasteiger partial charge in [0.2, 0.25) is 0 Å². The summed E-state index contributed by atoms with van der Waals surface area (Å²) < 4.78 is 0. The molecule has 0 aromatic heterocycles. The van der Waals surface area contributed by atoms with E-state index in [4.69, 9.17) is 5.11 Å². The van der Waals surface area contributed by atoms with Gasteiger partial charge in [0.25, 0.3) is 11.8 Å². The Morgan fingerprint density at radius 1 is 1.14 bits per heavy atom. The Labute approximate surface area is 126 Å². The molecule has 1 aliphatic heterocycles. The molecule has 7 heteroatoms. The number of hydrogen-bond donors (Lipinski definition) is 2. The lowest BCUT2D eigenvalue weighted by atomic mass is 9.98. The molecule has 2 N–H and O–H groups in total. The highest BCUT2D eigenvalue weighted by Gasteiger charge is 2.44. The van der Waals surface area contributed by atoms with Gasteiger partial charge in [-0.3, -0.25) is 14.5 Å². The summed E-state index contributed by atoms with van der Waals surface area (Å²) in [7, 11) is 0. The summed E-state index contributed by atoms with van der Waals surface area (Å²) in [5.74, 6) is -4.38. The average molecular weight is 305 g/mol. The monoisotopic (exact) mass is 305 g/mol. The number of amides is 2. The van der Waals surface area contributed by atoms with Crippen molar-refractivity contribution in [2.75, 3.05) is 0 Å². The van der Waals surface area contributed by atoms with E-state index in [2.05, 4.69) is 0 Å². The summed E-state index contributed by atoms with van der Waals surface area (Å²) in [5, 5.41) is 18.3. The van der Waals surface area contributed by atoms with Crippen LogP contribution >= 0.6 is 0 Å². The molecule has 0 spiro atoms. The maximum atomic E-state index is 12.4. The molecule has 0 saturated heterocycles. The predicted octanol–water partition coefficient (Wildman–Crippen LogP) is 1.48. The van der Waals surface area contributed by atoms with Gasteiger partial charge in [-0.1, -0.05) is 20.3 Å². The molecule has 0 fully saturated rings. The lowest BCUT2D eigenvalue weighted by molar-refractivity contribution is -0.143. The number of aromatic carboxylic acids is 1. The molecule has 116 valence electrons. The molecule has 1 aromatic carbocycles. The first-order chi connectivity index (χ1) is 10.3. The molecule has 2 atom stereocenters. The SMILES string of the molecule is CCC(C)[C@@H](C(=O)O)N1C(=O)c2ccc(C(=O)O)cc2C1=O. The lowest BCUT2D eigenvalue weighted by Crippen LogP contribution is -2.48. The molecule has 22 heavy (non-hydrogen) atoms. The summed E-state index contributed by atoms with van der Waals surface area (Å²) in [6.45, 7) is 3.41. The van der Waals surface area contributed by atoms with Crippen LogP contribution in [0.5, 0.6) is 0 Å². The Balaban J connectivity index is 2.50. The van der Waals surface area contributed by atoms with Crippen LogP contribution in [0.1, 0.15) is 51.3 Å². The Bertz CT molecular complexity index is 681. The van der Waals surface area contributed by atoms with E-state index in [1.54, 1.807) is 13.8 Å². The first-order valence-electron chi connectivity index (χ1n) is 6.77. The number of carbonyl (C=O) groups excluding carboxylic acids is 2. The predicted molar refractivity (Wildman–Crippen MR) is 74.8 cm³/mol. The van der Waals surface area contributed by atoms with E-state index in [0.29, 0.717) is 11.3 Å². The second-order valence-electron chi connectivity index (χ2n) is 5.21. The van der Waals surface area contributed by atoms with Crippen LogP contribution in [0, 0.1) is 5.92 Å². The third kappa shape index (κ3) is 2.34. The Hall–Kier alpha value is -2.70. The number of rotatable bonds is 5. The van der Waals surface area contributed by atoms with Crippen LogP contribution in [0.4, 0.5) is 0 Å². The molecule has 1 unspecified atom stereocenters. The van der Waals surface area contributed by atoms with Crippen molar-refractivity contribution in [2.24, 2.45) is 5.92 Å². The van der Waals surface area contributed by atoms with Crippen LogP contribution in [0.15, 0.2) is 18.2 Å². The Morgan fingerprint density at radius 3 is 2.23 bits per heavy atom. The van der Waals surface area contributed by atoms with Crippen LogP contribution < -0.4 is 0 Å². The minimum Gasteiger partial charge on any atom is -0.480 e. The first-order valence-corrected chi connectivity index (χ1v) is 6.77. The van der Waals surface area contributed by atoms with Crippen molar-refractivity contribution in [3.63, 3.8) is 0 Å². The van der Waals surface area contributed by atoms with Crippen molar-refractivity contribution in [1.29, 1.82) is 0 Å². The number of carboxylic acids is 2. The van der Waals surface area contributed by atoms with E-state index in [1.807, 2.05) is 0 Å². The molecule has 0 radical (unpaired) electrons. The van der Waals surface area contributed by atoms with E-state index < -0.39 is 35.7 Å². The van der Waals surface area contributed by atoms with Crippen molar-refractivity contribution >= 4 is 23.8 Å². The van der Waals surface area contributed by atoms with Crippen LogP contribution in [-0.4, -0.2) is 44.9 Å². The third-order valence-corrected chi connectivity index (χ3v) is 3.88. The maximum Gasteiger partial charge on any atom is 0.335 e. The van der Waals surface area contributed by atoms with Crippen LogP contribution in [0.3, 0.4) is 0 Å². The van der Waals surface area contributed by atoms with Gasteiger partial charge >= 0.3 is 11.9 Å². The van der Waals surface area contributed by atoms with Crippen LogP contribution in [0.2, 0.25) is 0 Å². The van der Waals surface area contributed by atoms with Crippen molar-refractivity contribution < 1.29 is 29.4 Å². The molecule has 0 saturated carbocycles. The van der Waals surface area contributed by atoms with Gasteiger partial charge in [0.15, 0.2) is 0 Å². The van der Waals surface area contributed by atoms with Gasteiger partial charge in [-0.05, 0) is 24.1 Å². The molecular weight excluding hydrogens is 290 g/mol. The fourth-order valence-corrected chi connectivity index (χ4v) is 2.48. The topological polar surface area (TPSA) is 112 Å². The summed E-state index contributed by atoms with van der Waals surface area (Å²) in [4.78, 5) is 47.9. The van der Waals surface area contributed by atoms with E-state index >= 15 is 0 Å². The molecule has 0 bridgehead atoms. The Kier molecular flexibility index (Phi) is 3.99. The van der Waals surface area contributed by atoms with Crippen LogP contribution in [0.25, 0.3) is 0 Å². The zero-order chi connectivity index (χ0) is 16.6. The van der Waals surface area contributed by atoms with E-state index in [-0.39, 0.29) is 16.7 Å². The molecule has 7 nitrogen and oxygen atoms in total. The minimum absolute atomic E-state index is 0.0320. The van der Waals surface area contributed by atoms with E-state index in [9.17, 15) is 24.3 Å². The number of fused-ring (bicyclic) bond motifs is 1. The second-order valence-corrected chi connectivity index (χ2v) is 5.21. The number of hydrogen-bond acceptors (Lipinski definition) is 4. The highest BCUT2D eigenvalue weighted by molar-refractivity contribution is 6.23. The molecule has 2 amide bonds. The lowest BCUT2D eigenvalue weighted by Gasteiger charge is -2.27. The number of carboxylic acid groups (broad SMARTS) is 2. The van der Waals surface area contributed by atoms with E-state index in [0.717, 1.165) is 6.07 Å². The highest BCUT2D eigenvalue weighted by atomic mass is 16.4. The standard InChI is InChI=1S/C15H15NO6/c1-3-7(2)11(15(21)22)16-12(17)9-5-4-8(14(19)20)6-10(9)13(16)18/h4-7,11H,3H2,1-2H3,(H,19,20)(H,21,22)/t7?,11-/m0/s1. The molecular formula is C15H15NO6. The van der Waals surface area contributed by atoms with Crippen molar-refractivity contribution in [3.05, 3.63) is 34.9 Å². The van der Waals surface area contributed by atoms with Gasteiger partial charge in [-0.15, -0.1) is 0 Å². The van der Waals surface area contributed by atoms with Gasteiger partial charge < -0.3 is 10.2 Å². The molecule has 1 aliphatic rings. The summed E-state index contributed by atoms with van der Waals surface area (Å²) in [6.07, 6.45) is 0.477. The minimum atomic E-state index is -1.27. The van der Waals surface area contributed by atoms with Gasteiger partial charge in [0.05, 0.1) is 16.7 Å². The van der Waals surface area contributed by atoms with Gasteiger partial charge in [-0.25, -0.2) is 9.59 Å². The normalized spacial score (nSPS) is 16.4. The number of imide groups is 1. The smallest absolute Gasteiger partial charge is 0.335 e. The summed E-state index contributed by atoms with van der Waals surface area (Å²) >= 11 is 0. The molecule has 1 aromatic rings. The molecule has 0 aliphatic carbocycles. The fourth-order valence-electron chi connectivity index (χ4n) is 2.48. The molecule has 1 heterocycles. The summed E-state index contributed by atoms with van der Waals surface area (Å²) in [5.41, 5.74) is -0.166. The number of aliphatic carboxylic acids is 1. The van der Waals surface area contributed by atoms with Gasteiger partial charge in [-0.2, -0.15) is 0 Å². The molecule has 2 rings (SSSR count). The number of carbonyl (C=O) groups is 4. The number of benzene rings is 1. The number of nitrogens with zero attached hydrogens (tertiary/aromatic N) is 1. The third-order valence-electron chi connectivity index (χ3n) is 3.88. The van der Waals surface area contributed by atoms with Crippen molar-refractivity contribution in [1.82, 2.24) is 4.90 Å². The zero-order valence-corrected chi connectivity index (χ0v) is 12.1. The first kappa shape index (κ1) is 15.7. The summed E-state index contributed by atoms with van der Waals surface area (Å²) in [6, 6.07) is 2.29.